The second kappa shape index (κ2) is 7.25. The molecule has 3 atom stereocenters. The molecule has 1 aliphatic heterocycles. The zero-order valence-corrected chi connectivity index (χ0v) is 11.3. The predicted octanol–water partition coefficient (Wildman–Crippen LogP) is 1.87. The van der Waals surface area contributed by atoms with Crippen LogP contribution in [-0.2, 0) is 4.74 Å². The van der Waals surface area contributed by atoms with Crippen LogP contribution in [0, 0.1) is 0 Å². The van der Waals surface area contributed by atoms with Gasteiger partial charge in [0.1, 0.15) is 0 Å². The van der Waals surface area contributed by atoms with Crippen LogP contribution in [0.4, 0.5) is 0 Å². The number of nitrogens with one attached hydrogen (secondary N) is 1. The van der Waals surface area contributed by atoms with E-state index in [0.717, 1.165) is 26.2 Å². The molecule has 0 radical (unpaired) electrons. The number of hydrogen-bond donors (Lipinski definition) is 1. The third-order valence-electron chi connectivity index (χ3n) is 3.40. The molecule has 1 aliphatic rings. The Kier molecular flexibility index (Phi) is 6.32. The van der Waals surface area contributed by atoms with Crippen molar-refractivity contribution >= 4 is 0 Å². The van der Waals surface area contributed by atoms with Crippen molar-refractivity contribution in [2.24, 2.45) is 0 Å². The van der Waals surface area contributed by atoms with Crippen molar-refractivity contribution in [2.45, 2.75) is 58.7 Å². The van der Waals surface area contributed by atoms with Gasteiger partial charge in [0.15, 0.2) is 0 Å². The lowest BCUT2D eigenvalue weighted by Gasteiger charge is -2.41. The summed E-state index contributed by atoms with van der Waals surface area (Å²) in [4.78, 5) is 2.61. The van der Waals surface area contributed by atoms with Crippen LogP contribution in [0.1, 0.15) is 40.5 Å². The molecule has 0 amide bonds. The van der Waals surface area contributed by atoms with E-state index in [1.807, 2.05) is 0 Å². The number of hydrogen-bond acceptors (Lipinski definition) is 3. The second-order valence-corrected chi connectivity index (χ2v) is 4.96. The quantitative estimate of drug-likeness (QED) is 0.703. The Labute approximate surface area is 101 Å². The lowest BCUT2D eigenvalue weighted by molar-refractivity contribution is -0.0661. The molecule has 1 N–H and O–H groups in total. The lowest BCUT2D eigenvalue weighted by Crippen LogP contribution is -2.54. The van der Waals surface area contributed by atoms with E-state index < -0.39 is 0 Å². The smallest absolute Gasteiger partial charge is 0.0674 e. The van der Waals surface area contributed by atoms with Gasteiger partial charge in [0.2, 0.25) is 0 Å². The molecule has 0 aliphatic carbocycles. The van der Waals surface area contributed by atoms with E-state index in [0.29, 0.717) is 18.2 Å². The first-order valence-electron chi connectivity index (χ1n) is 6.77. The van der Waals surface area contributed by atoms with Crippen LogP contribution in [0.5, 0.6) is 0 Å². The topological polar surface area (TPSA) is 24.5 Å². The summed E-state index contributed by atoms with van der Waals surface area (Å²) < 4.78 is 5.68. The molecule has 96 valence electrons. The Morgan fingerprint density at radius 1 is 1.38 bits per heavy atom. The average Bonchev–Trinajstić information content (AvgIpc) is 2.28. The highest BCUT2D eigenvalue weighted by Crippen LogP contribution is 2.16. The summed E-state index contributed by atoms with van der Waals surface area (Å²) in [5, 5.41) is 3.54. The molecular weight excluding hydrogens is 200 g/mol. The summed E-state index contributed by atoms with van der Waals surface area (Å²) >= 11 is 0. The molecule has 3 unspecified atom stereocenters. The van der Waals surface area contributed by atoms with Crippen LogP contribution in [-0.4, -0.2) is 49.3 Å². The monoisotopic (exact) mass is 228 g/mol. The fourth-order valence-electron chi connectivity index (χ4n) is 2.38. The first kappa shape index (κ1) is 13.9. The third kappa shape index (κ3) is 4.04. The van der Waals surface area contributed by atoms with Crippen molar-refractivity contribution in [3.05, 3.63) is 0 Å². The minimum absolute atomic E-state index is 0.386. The van der Waals surface area contributed by atoms with E-state index in [9.17, 15) is 0 Å². The summed E-state index contributed by atoms with van der Waals surface area (Å²) in [6.45, 7) is 13.1. The van der Waals surface area contributed by atoms with Gasteiger partial charge in [-0.3, -0.25) is 4.90 Å². The predicted molar refractivity (Wildman–Crippen MR) is 68.8 cm³/mol. The molecule has 0 bridgehead atoms. The summed E-state index contributed by atoms with van der Waals surface area (Å²) in [5.74, 6) is 0. The van der Waals surface area contributed by atoms with E-state index in [4.69, 9.17) is 4.74 Å². The summed E-state index contributed by atoms with van der Waals surface area (Å²) in [5.41, 5.74) is 0. The summed E-state index contributed by atoms with van der Waals surface area (Å²) in [6.07, 6.45) is 2.82. The first-order valence-corrected chi connectivity index (χ1v) is 6.77. The van der Waals surface area contributed by atoms with Crippen LogP contribution in [0.15, 0.2) is 0 Å². The molecule has 0 aromatic heterocycles. The number of morpholine rings is 1. The van der Waals surface area contributed by atoms with Gasteiger partial charge >= 0.3 is 0 Å². The molecule has 3 nitrogen and oxygen atoms in total. The summed E-state index contributed by atoms with van der Waals surface area (Å²) in [7, 11) is 0. The molecule has 0 aromatic rings. The zero-order chi connectivity index (χ0) is 12.0. The van der Waals surface area contributed by atoms with E-state index in [1.54, 1.807) is 0 Å². The molecule has 3 heteroatoms. The standard InChI is InChI=1S/C13H28N2O/c1-5-7-14-8-13(6-2)15-9-12(4)16-10-11(15)3/h11-14H,5-10H2,1-4H3. The maximum Gasteiger partial charge on any atom is 0.0674 e. The van der Waals surface area contributed by atoms with Gasteiger partial charge in [-0.2, -0.15) is 0 Å². The van der Waals surface area contributed by atoms with Gasteiger partial charge in [0.25, 0.3) is 0 Å². The molecule has 16 heavy (non-hydrogen) atoms. The Balaban J connectivity index is 2.42. The van der Waals surface area contributed by atoms with E-state index in [-0.39, 0.29) is 0 Å². The fourth-order valence-corrected chi connectivity index (χ4v) is 2.38. The fraction of sp³-hybridized carbons (Fsp3) is 1.00. The van der Waals surface area contributed by atoms with Gasteiger partial charge in [0, 0.05) is 25.2 Å². The number of ether oxygens (including phenoxy) is 1. The highest BCUT2D eigenvalue weighted by Gasteiger charge is 2.28. The van der Waals surface area contributed by atoms with Gasteiger partial charge in [-0.25, -0.2) is 0 Å². The SMILES string of the molecule is CCCNCC(CC)N1CC(C)OCC1C. The van der Waals surface area contributed by atoms with Crippen LogP contribution in [0.3, 0.4) is 0 Å². The normalized spacial score (nSPS) is 29.2. The molecule has 1 heterocycles. The van der Waals surface area contributed by atoms with Crippen molar-refractivity contribution in [1.82, 2.24) is 10.2 Å². The van der Waals surface area contributed by atoms with Crippen LogP contribution >= 0.6 is 0 Å². The Morgan fingerprint density at radius 3 is 2.75 bits per heavy atom. The number of nitrogens with zero attached hydrogens (tertiary/aromatic N) is 1. The maximum atomic E-state index is 5.68. The Morgan fingerprint density at radius 2 is 2.12 bits per heavy atom. The molecule has 0 saturated carbocycles. The van der Waals surface area contributed by atoms with E-state index in [2.05, 4.69) is 37.9 Å². The van der Waals surface area contributed by atoms with Crippen molar-refractivity contribution < 1.29 is 4.74 Å². The summed E-state index contributed by atoms with van der Waals surface area (Å²) in [6, 6.07) is 1.22. The van der Waals surface area contributed by atoms with Gasteiger partial charge < -0.3 is 10.1 Å². The molecule has 0 spiro atoms. The minimum Gasteiger partial charge on any atom is -0.376 e. The largest absolute Gasteiger partial charge is 0.376 e. The van der Waals surface area contributed by atoms with Crippen molar-refractivity contribution in [3.63, 3.8) is 0 Å². The molecule has 1 fully saturated rings. The Hall–Kier alpha value is -0.120. The zero-order valence-electron chi connectivity index (χ0n) is 11.3. The first-order chi connectivity index (χ1) is 7.69. The second-order valence-electron chi connectivity index (χ2n) is 4.96. The van der Waals surface area contributed by atoms with Crippen molar-refractivity contribution in [3.8, 4) is 0 Å². The maximum absolute atomic E-state index is 5.68. The van der Waals surface area contributed by atoms with E-state index >= 15 is 0 Å². The molecule has 1 saturated heterocycles. The molecule has 1 rings (SSSR count). The van der Waals surface area contributed by atoms with Crippen LogP contribution in [0.25, 0.3) is 0 Å². The van der Waals surface area contributed by atoms with Crippen molar-refractivity contribution in [1.29, 1.82) is 0 Å². The molecular formula is C13H28N2O. The van der Waals surface area contributed by atoms with Crippen LogP contribution < -0.4 is 5.32 Å². The highest BCUT2D eigenvalue weighted by atomic mass is 16.5. The average molecular weight is 228 g/mol. The van der Waals surface area contributed by atoms with Crippen LogP contribution in [0.2, 0.25) is 0 Å². The lowest BCUT2D eigenvalue weighted by atomic mass is 10.1. The highest BCUT2D eigenvalue weighted by molar-refractivity contribution is 4.82. The van der Waals surface area contributed by atoms with Gasteiger partial charge in [-0.1, -0.05) is 13.8 Å². The van der Waals surface area contributed by atoms with Gasteiger partial charge in [-0.05, 0) is 33.2 Å². The Bertz CT molecular complexity index is 187. The molecule has 0 aromatic carbocycles. The van der Waals surface area contributed by atoms with Gasteiger partial charge in [-0.15, -0.1) is 0 Å². The third-order valence-corrected chi connectivity index (χ3v) is 3.40. The van der Waals surface area contributed by atoms with Gasteiger partial charge in [0.05, 0.1) is 12.7 Å². The van der Waals surface area contributed by atoms with Crippen molar-refractivity contribution in [2.75, 3.05) is 26.2 Å². The number of rotatable bonds is 6. The minimum atomic E-state index is 0.386. The van der Waals surface area contributed by atoms with E-state index in [1.165, 1.54) is 12.8 Å².